The van der Waals surface area contributed by atoms with E-state index in [1.54, 1.807) is 0 Å². The first kappa shape index (κ1) is 45.9. The van der Waals surface area contributed by atoms with Crippen molar-refractivity contribution >= 4 is 23.7 Å². The van der Waals surface area contributed by atoms with E-state index >= 15 is 0 Å². The van der Waals surface area contributed by atoms with Crippen LogP contribution in [0.25, 0.3) is 0 Å². The number of ether oxygens (including phenoxy) is 4. The largest absolute Gasteiger partial charge is 0.481 e. The average molecular weight is 840 g/mol. The van der Waals surface area contributed by atoms with Gasteiger partial charge in [-0.25, -0.2) is 9.59 Å². The number of allylic oxidation sites excluding steroid dienone is 2. The summed E-state index contributed by atoms with van der Waals surface area (Å²) < 4.78 is 23.4. The minimum absolute atomic E-state index is 0. The summed E-state index contributed by atoms with van der Waals surface area (Å²) in [5.41, 5.74) is -1.81. The lowest BCUT2D eigenvalue weighted by atomic mass is 9.33. The van der Waals surface area contributed by atoms with Gasteiger partial charge >= 0.3 is 17.9 Å². The van der Waals surface area contributed by atoms with E-state index in [2.05, 4.69) is 27.7 Å². The van der Waals surface area contributed by atoms with Gasteiger partial charge in [-0.1, -0.05) is 47.1 Å². The summed E-state index contributed by atoms with van der Waals surface area (Å²) in [7, 11) is 0. The third-order valence-electron chi connectivity index (χ3n) is 17.2. The minimum atomic E-state index is -2.05. The summed E-state index contributed by atoms with van der Waals surface area (Å²) in [6, 6.07) is 0. The molecule has 19 atom stereocenters. The van der Waals surface area contributed by atoms with Gasteiger partial charge in [0.05, 0.1) is 11.5 Å². The monoisotopic (exact) mass is 839 g/mol. The van der Waals surface area contributed by atoms with E-state index in [1.165, 1.54) is 0 Å². The molecule has 7 rings (SSSR count). The molecule has 17 heteroatoms. The van der Waals surface area contributed by atoms with Crippen LogP contribution < -0.4 is 6.15 Å². The standard InChI is InChI=1S/C42H62O16.H3N/c1-37(2)21-8-11-42(7)31(20(43)16-18-19-17-39(4,36(53)54)13-12-38(19,3)14-15-41(18,42)6)40(21,5)10-9-22(37)55-35-30(26(47)25(46)29(57-35)33(51)52)58-34-27(48)23(44)24(45)28(56-34)32(49)50;/h16,19,21-31,34-35,44-48H,8-15,17H2,1-7H3,(H,49,50)(H,51,52)(H,53,54);1H3/t19?,21-,22-,23-,24-,25-,26-,27+,28-,29-,30+,31+,34-,35-,38?,39-,40-,41+,42+;/m0./s1. The van der Waals surface area contributed by atoms with Crippen LogP contribution in [0.15, 0.2) is 11.6 Å². The van der Waals surface area contributed by atoms with E-state index in [0.717, 1.165) is 37.7 Å². The second-order valence-corrected chi connectivity index (χ2v) is 20.6. The molecule has 17 nitrogen and oxygen atoms in total. The second-order valence-electron chi connectivity index (χ2n) is 20.6. The molecule has 2 aliphatic heterocycles. The highest BCUT2D eigenvalue weighted by atomic mass is 16.8. The average Bonchev–Trinajstić information content (AvgIpc) is 3.13. The Morgan fingerprint density at radius 1 is 0.695 bits per heavy atom. The third-order valence-corrected chi connectivity index (χ3v) is 17.2. The molecule has 0 radical (unpaired) electrons. The number of carbonyl (C=O) groups is 4. The predicted molar refractivity (Wildman–Crippen MR) is 204 cm³/mol. The van der Waals surface area contributed by atoms with Crippen molar-refractivity contribution in [1.29, 1.82) is 0 Å². The molecular weight excluding hydrogens is 774 g/mol. The lowest BCUT2D eigenvalue weighted by Gasteiger charge is -2.70. The Kier molecular flexibility index (Phi) is 11.7. The highest BCUT2D eigenvalue weighted by molar-refractivity contribution is 5.95. The quantitative estimate of drug-likeness (QED) is 0.166. The van der Waals surface area contributed by atoms with Crippen molar-refractivity contribution in [3.05, 3.63) is 11.6 Å². The number of ketones is 1. The van der Waals surface area contributed by atoms with Crippen LogP contribution >= 0.6 is 0 Å². The maximum Gasteiger partial charge on any atom is 0.335 e. The highest BCUT2D eigenvalue weighted by Crippen LogP contribution is 2.75. The van der Waals surface area contributed by atoms with Gasteiger partial charge in [0, 0.05) is 5.92 Å². The van der Waals surface area contributed by atoms with Crippen LogP contribution in [-0.4, -0.2) is 132 Å². The zero-order valence-corrected chi connectivity index (χ0v) is 35.1. The number of hydrogen-bond acceptors (Lipinski definition) is 14. The normalized spacial score (nSPS) is 51.7. The van der Waals surface area contributed by atoms with E-state index in [1.807, 2.05) is 26.8 Å². The third kappa shape index (κ3) is 6.72. The van der Waals surface area contributed by atoms with Gasteiger partial charge in [0.25, 0.3) is 0 Å². The maximum atomic E-state index is 14.8. The molecule has 2 saturated heterocycles. The minimum Gasteiger partial charge on any atom is -0.481 e. The SMILES string of the molecule is CC12CC[C@](C)(C(=O)O)CC1C1=CC(=O)[C@@H]3[C@@]4(C)CC[C@H](O[C@H]5O[C@H](C(=O)O)[C@@H](O)[C@H](O)[C@H]5O[C@@H]5O[C@H](C(=O)O)[C@@H](O)[C@H](O)[C@H]5O)C(C)(C)[C@@H]4CC[C@@]3(C)[C@]1(C)CC2.N. The number of carboxylic acids is 3. The summed E-state index contributed by atoms with van der Waals surface area (Å²) in [5.74, 6) is -4.47. The lowest BCUT2D eigenvalue weighted by molar-refractivity contribution is -0.371. The first-order valence-corrected chi connectivity index (χ1v) is 20.7. The smallest absolute Gasteiger partial charge is 0.335 e. The molecule has 0 amide bonds. The maximum absolute atomic E-state index is 14.8. The number of fused-ring (bicyclic) bond motifs is 7. The van der Waals surface area contributed by atoms with Crippen molar-refractivity contribution in [2.75, 3.05) is 0 Å². The summed E-state index contributed by atoms with van der Waals surface area (Å²) in [6.45, 7) is 14.8. The van der Waals surface area contributed by atoms with Gasteiger partial charge in [0.1, 0.15) is 36.6 Å². The summed E-state index contributed by atoms with van der Waals surface area (Å²) >= 11 is 0. The zero-order chi connectivity index (χ0) is 42.9. The van der Waals surface area contributed by atoms with Gasteiger partial charge in [-0.05, 0) is 110 Å². The summed E-state index contributed by atoms with van der Waals surface area (Å²) in [4.78, 5) is 51.3. The predicted octanol–water partition coefficient (Wildman–Crippen LogP) is 2.41. The van der Waals surface area contributed by atoms with Gasteiger partial charge in [-0.2, -0.15) is 0 Å². The first-order valence-electron chi connectivity index (χ1n) is 20.7. The molecule has 2 unspecified atom stereocenters. The van der Waals surface area contributed by atoms with Crippen LogP contribution in [0.2, 0.25) is 0 Å². The lowest BCUT2D eigenvalue weighted by Crippen LogP contribution is -2.68. The molecule has 7 aliphatic rings. The molecule has 4 saturated carbocycles. The fraction of sp³-hybridized carbons (Fsp3) is 0.857. The first-order chi connectivity index (χ1) is 26.8. The second kappa shape index (κ2) is 15.1. The van der Waals surface area contributed by atoms with E-state index in [0.29, 0.717) is 25.7 Å². The van der Waals surface area contributed by atoms with Gasteiger partial charge in [-0.15, -0.1) is 0 Å². The van der Waals surface area contributed by atoms with Crippen molar-refractivity contribution in [2.45, 2.75) is 174 Å². The van der Waals surface area contributed by atoms with E-state index in [-0.39, 0.29) is 40.5 Å². The van der Waals surface area contributed by atoms with E-state index in [9.17, 15) is 60.0 Å². The molecule has 11 N–H and O–H groups in total. The number of aliphatic hydroxyl groups is 5. The molecule has 5 aliphatic carbocycles. The Hall–Kier alpha value is -2.58. The van der Waals surface area contributed by atoms with Crippen molar-refractivity contribution in [3.8, 4) is 0 Å². The Labute approximate surface area is 344 Å². The number of rotatable bonds is 7. The van der Waals surface area contributed by atoms with E-state index < -0.39 is 107 Å². The zero-order valence-electron chi connectivity index (χ0n) is 35.1. The van der Waals surface area contributed by atoms with Crippen LogP contribution in [0.3, 0.4) is 0 Å². The van der Waals surface area contributed by atoms with Gasteiger partial charge in [0.2, 0.25) is 0 Å². The number of hydrogen-bond donors (Lipinski definition) is 9. The number of carboxylic acid groups (broad SMARTS) is 3. The highest BCUT2D eigenvalue weighted by Gasteiger charge is 2.71. The number of aliphatic hydroxyl groups excluding tert-OH is 5. The van der Waals surface area contributed by atoms with Crippen LogP contribution in [-0.2, 0) is 38.1 Å². The fourth-order valence-corrected chi connectivity index (χ4v) is 13.4. The topological polar surface area (TPSA) is 302 Å². The van der Waals surface area contributed by atoms with E-state index in [4.69, 9.17) is 18.9 Å². The number of carbonyl (C=O) groups excluding carboxylic acids is 1. The molecular formula is C42H65NO16. The molecule has 2 heterocycles. The van der Waals surface area contributed by atoms with Crippen molar-refractivity contribution < 1.29 is 79.0 Å². The van der Waals surface area contributed by atoms with Crippen LogP contribution in [0.1, 0.15) is 106 Å². The molecule has 0 aromatic carbocycles. The Bertz CT molecular complexity index is 1740. The Morgan fingerprint density at radius 2 is 1.27 bits per heavy atom. The molecule has 0 bridgehead atoms. The van der Waals surface area contributed by atoms with Crippen LogP contribution in [0.4, 0.5) is 0 Å². The van der Waals surface area contributed by atoms with Gasteiger partial charge < -0.3 is 66.0 Å². The van der Waals surface area contributed by atoms with Gasteiger partial charge in [0.15, 0.2) is 30.6 Å². The van der Waals surface area contributed by atoms with Crippen LogP contribution in [0, 0.1) is 50.2 Å². The van der Waals surface area contributed by atoms with Crippen molar-refractivity contribution in [3.63, 3.8) is 0 Å². The van der Waals surface area contributed by atoms with Crippen molar-refractivity contribution in [2.24, 2.45) is 50.2 Å². The molecule has 6 fully saturated rings. The van der Waals surface area contributed by atoms with Crippen LogP contribution in [0.5, 0.6) is 0 Å². The molecule has 334 valence electrons. The molecule has 0 spiro atoms. The number of aliphatic carboxylic acids is 3. The fourth-order valence-electron chi connectivity index (χ4n) is 13.4. The molecule has 0 aromatic rings. The Balaban J connectivity index is 0.00000585. The molecule has 59 heavy (non-hydrogen) atoms. The Morgan fingerprint density at radius 3 is 1.86 bits per heavy atom. The van der Waals surface area contributed by atoms with Crippen molar-refractivity contribution in [1.82, 2.24) is 6.15 Å². The summed E-state index contributed by atoms with van der Waals surface area (Å²) in [5, 5.41) is 83.0. The summed E-state index contributed by atoms with van der Waals surface area (Å²) in [6.07, 6.45) is -12.2. The molecule has 0 aromatic heterocycles. The van der Waals surface area contributed by atoms with Gasteiger partial charge in [-0.3, -0.25) is 9.59 Å².